The van der Waals surface area contributed by atoms with E-state index in [9.17, 15) is 13.2 Å². The summed E-state index contributed by atoms with van der Waals surface area (Å²) in [6.45, 7) is 2.26. The molecule has 1 heterocycles. The SMILES string of the molecule is CCN(c1ccc2sc(C(=O)NCc3c(OC)cccc3OC)cc2c1)S(=O)(=O)c1ccc(OC)cc1. The molecule has 0 fully saturated rings. The van der Waals surface area contributed by atoms with Crippen LogP contribution in [0.1, 0.15) is 22.2 Å². The molecule has 0 spiro atoms. The maximum atomic E-state index is 13.3. The summed E-state index contributed by atoms with van der Waals surface area (Å²) in [5.74, 6) is 1.59. The molecule has 0 aliphatic rings. The molecule has 1 aromatic heterocycles. The van der Waals surface area contributed by atoms with Crippen LogP contribution in [0.5, 0.6) is 17.2 Å². The van der Waals surface area contributed by atoms with Gasteiger partial charge in [0.1, 0.15) is 17.2 Å². The molecule has 1 N–H and O–H groups in total. The standard InChI is InChI=1S/C27H28N2O6S2/c1-5-29(37(31,32)21-12-10-20(33-2)11-13-21)19-9-14-25-18(15-19)16-26(36-25)27(30)28-17-22-23(34-3)7-6-8-24(22)35-4/h6-16H,5,17H2,1-4H3,(H,28,30). The summed E-state index contributed by atoms with van der Waals surface area (Å²) in [6.07, 6.45) is 0. The molecule has 3 aromatic carbocycles. The van der Waals surface area contributed by atoms with Gasteiger partial charge in [-0.3, -0.25) is 9.10 Å². The normalized spacial score (nSPS) is 11.2. The highest BCUT2D eigenvalue weighted by Crippen LogP contribution is 2.33. The minimum atomic E-state index is -3.78. The average molecular weight is 541 g/mol. The van der Waals surface area contributed by atoms with Gasteiger partial charge in [-0.05, 0) is 73.0 Å². The van der Waals surface area contributed by atoms with E-state index >= 15 is 0 Å². The number of hydrogen-bond donors (Lipinski definition) is 1. The number of benzene rings is 3. The van der Waals surface area contributed by atoms with Crippen molar-refractivity contribution in [3.05, 3.63) is 77.2 Å². The number of amides is 1. The number of anilines is 1. The quantitative estimate of drug-likeness (QED) is 0.302. The van der Waals surface area contributed by atoms with Crippen LogP contribution in [0.4, 0.5) is 5.69 Å². The van der Waals surface area contributed by atoms with Gasteiger partial charge in [0, 0.05) is 11.2 Å². The van der Waals surface area contributed by atoms with E-state index in [1.807, 2.05) is 24.3 Å². The highest BCUT2D eigenvalue weighted by atomic mass is 32.2. The van der Waals surface area contributed by atoms with Crippen molar-refractivity contribution in [1.29, 1.82) is 0 Å². The summed E-state index contributed by atoms with van der Waals surface area (Å²) in [6, 6.07) is 18.9. The van der Waals surface area contributed by atoms with Gasteiger partial charge in [0.25, 0.3) is 15.9 Å². The Morgan fingerprint density at radius 3 is 2.19 bits per heavy atom. The molecule has 0 atom stereocenters. The third-order valence-corrected chi connectivity index (χ3v) is 8.93. The first kappa shape index (κ1) is 26.3. The molecule has 0 aliphatic heterocycles. The zero-order chi connectivity index (χ0) is 26.6. The number of fused-ring (bicyclic) bond motifs is 1. The Labute approximate surface area is 220 Å². The fraction of sp³-hybridized carbons (Fsp3) is 0.222. The number of nitrogens with one attached hydrogen (secondary N) is 1. The van der Waals surface area contributed by atoms with Crippen molar-refractivity contribution in [2.75, 3.05) is 32.2 Å². The van der Waals surface area contributed by atoms with Gasteiger partial charge in [-0.2, -0.15) is 0 Å². The van der Waals surface area contributed by atoms with E-state index in [1.165, 1.54) is 34.9 Å². The number of rotatable bonds is 10. The van der Waals surface area contributed by atoms with Crippen LogP contribution in [0.3, 0.4) is 0 Å². The van der Waals surface area contributed by atoms with E-state index in [-0.39, 0.29) is 23.9 Å². The number of nitrogens with zero attached hydrogens (tertiary/aromatic N) is 1. The van der Waals surface area contributed by atoms with Gasteiger partial charge >= 0.3 is 0 Å². The molecule has 0 unspecified atom stereocenters. The van der Waals surface area contributed by atoms with E-state index in [0.717, 1.165) is 15.6 Å². The number of sulfonamides is 1. The summed E-state index contributed by atoms with van der Waals surface area (Å²) >= 11 is 1.34. The number of carbonyl (C=O) groups excluding carboxylic acids is 1. The van der Waals surface area contributed by atoms with Gasteiger partial charge < -0.3 is 19.5 Å². The monoisotopic (exact) mass is 540 g/mol. The lowest BCUT2D eigenvalue weighted by molar-refractivity contribution is 0.0954. The van der Waals surface area contributed by atoms with E-state index in [0.29, 0.717) is 27.8 Å². The lowest BCUT2D eigenvalue weighted by atomic mass is 10.1. The van der Waals surface area contributed by atoms with Crippen LogP contribution < -0.4 is 23.8 Å². The highest BCUT2D eigenvalue weighted by Gasteiger charge is 2.24. The summed E-state index contributed by atoms with van der Waals surface area (Å²) in [5, 5.41) is 3.71. The van der Waals surface area contributed by atoms with Gasteiger partial charge in [-0.1, -0.05) is 6.07 Å². The smallest absolute Gasteiger partial charge is 0.264 e. The lowest BCUT2D eigenvalue weighted by Crippen LogP contribution is -2.30. The number of ether oxygens (including phenoxy) is 3. The Morgan fingerprint density at radius 1 is 0.919 bits per heavy atom. The third kappa shape index (κ3) is 5.35. The molecule has 0 aliphatic carbocycles. The van der Waals surface area contributed by atoms with Crippen molar-refractivity contribution in [1.82, 2.24) is 5.32 Å². The first-order valence-corrected chi connectivity index (χ1v) is 13.8. The molecule has 0 saturated heterocycles. The Balaban J connectivity index is 1.57. The Morgan fingerprint density at radius 2 is 1.59 bits per heavy atom. The number of thiophene rings is 1. The van der Waals surface area contributed by atoms with Crippen LogP contribution in [0.15, 0.2) is 71.6 Å². The Kier molecular flexibility index (Phi) is 7.89. The van der Waals surface area contributed by atoms with Crippen LogP contribution in [-0.4, -0.2) is 42.2 Å². The van der Waals surface area contributed by atoms with E-state index in [1.54, 1.807) is 51.5 Å². The second kappa shape index (κ2) is 11.1. The average Bonchev–Trinajstić information content (AvgIpc) is 3.35. The van der Waals surface area contributed by atoms with Crippen molar-refractivity contribution < 1.29 is 27.4 Å². The highest BCUT2D eigenvalue weighted by molar-refractivity contribution is 7.92. The first-order chi connectivity index (χ1) is 17.8. The summed E-state index contributed by atoms with van der Waals surface area (Å²) in [7, 11) is 0.883. The minimum Gasteiger partial charge on any atom is -0.497 e. The van der Waals surface area contributed by atoms with Crippen molar-refractivity contribution in [3.8, 4) is 17.2 Å². The van der Waals surface area contributed by atoms with Gasteiger partial charge in [-0.15, -0.1) is 11.3 Å². The Bertz CT molecular complexity index is 1490. The van der Waals surface area contributed by atoms with Crippen LogP contribution >= 0.6 is 11.3 Å². The van der Waals surface area contributed by atoms with Crippen molar-refractivity contribution in [3.63, 3.8) is 0 Å². The largest absolute Gasteiger partial charge is 0.497 e. The van der Waals surface area contributed by atoms with Crippen LogP contribution in [0.2, 0.25) is 0 Å². The van der Waals surface area contributed by atoms with E-state index in [4.69, 9.17) is 14.2 Å². The second-order valence-electron chi connectivity index (χ2n) is 8.00. The number of methoxy groups -OCH3 is 3. The molecule has 0 saturated carbocycles. The molecular formula is C27H28N2O6S2. The van der Waals surface area contributed by atoms with Gasteiger partial charge in [0.05, 0.1) is 48.9 Å². The van der Waals surface area contributed by atoms with Crippen LogP contribution in [0.25, 0.3) is 10.1 Å². The molecule has 4 aromatic rings. The first-order valence-electron chi connectivity index (χ1n) is 11.5. The maximum absolute atomic E-state index is 13.3. The fourth-order valence-electron chi connectivity index (χ4n) is 4.02. The van der Waals surface area contributed by atoms with E-state index in [2.05, 4.69) is 5.32 Å². The maximum Gasteiger partial charge on any atom is 0.264 e. The van der Waals surface area contributed by atoms with Crippen LogP contribution in [-0.2, 0) is 16.6 Å². The molecule has 194 valence electrons. The second-order valence-corrected chi connectivity index (χ2v) is 10.9. The fourth-order valence-corrected chi connectivity index (χ4v) is 6.45. The van der Waals surface area contributed by atoms with Crippen LogP contribution in [0, 0.1) is 0 Å². The zero-order valence-corrected chi connectivity index (χ0v) is 22.6. The molecule has 4 rings (SSSR count). The summed E-state index contributed by atoms with van der Waals surface area (Å²) < 4.78 is 44.8. The third-order valence-electron chi connectivity index (χ3n) is 5.90. The van der Waals surface area contributed by atoms with Gasteiger partial charge in [0.2, 0.25) is 0 Å². The molecule has 0 bridgehead atoms. The number of carbonyl (C=O) groups is 1. The molecule has 10 heteroatoms. The Hall–Kier alpha value is -3.76. The predicted octanol–water partition coefficient (Wildman–Crippen LogP) is 5.07. The lowest BCUT2D eigenvalue weighted by Gasteiger charge is -2.23. The van der Waals surface area contributed by atoms with Gasteiger partial charge in [0.15, 0.2) is 0 Å². The molecule has 37 heavy (non-hydrogen) atoms. The molecule has 1 amide bonds. The van der Waals surface area contributed by atoms with Gasteiger partial charge in [-0.25, -0.2) is 8.42 Å². The number of hydrogen-bond acceptors (Lipinski definition) is 7. The minimum absolute atomic E-state index is 0.174. The zero-order valence-electron chi connectivity index (χ0n) is 21.0. The molecular weight excluding hydrogens is 512 g/mol. The van der Waals surface area contributed by atoms with E-state index < -0.39 is 10.0 Å². The summed E-state index contributed by atoms with van der Waals surface area (Å²) in [4.78, 5) is 13.6. The molecule has 0 radical (unpaired) electrons. The van der Waals surface area contributed by atoms with Crippen molar-refractivity contribution in [2.24, 2.45) is 0 Å². The summed E-state index contributed by atoms with van der Waals surface area (Å²) in [5.41, 5.74) is 1.26. The predicted molar refractivity (Wildman–Crippen MR) is 146 cm³/mol. The van der Waals surface area contributed by atoms with Crippen molar-refractivity contribution in [2.45, 2.75) is 18.4 Å². The topological polar surface area (TPSA) is 94.2 Å². The van der Waals surface area contributed by atoms with Crippen molar-refractivity contribution >= 4 is 43.0 Å². The molecule has 8 nitrogen and oxygen atoms in total.